The molecule has 1 aromatic rings. The van der Waals surface area contributed by atoms with Crippen molar-refractivity contribution in [2.24, 2.45) is 5.92 Å². The molecule has 1 aliphatic heterocycles. The summed E-state index contributed by atoms with van der Waals surface area (Å²) >= 11 is 0. The van der Waals surface area contributed by atoms with Gasteiger partial charge in [-0.2, -0.15) is 4.98 Å². The molecule has 0 aromatic carbocycles. The van der Waals surface area contributed by atoms with Crippen molar-refractivity contribution in [3.05, 3.63) is 5.69 Å². The van der Waals surface area contributed by atoms with Gasteiger partial charge in [0.15, 0.2) is 6.10 Å². The average molecular weight is 325 g/mol. The second kappa shape index (κ2) is 7.68. The second-order valence-electron chi connectivity index (χ2n) is 5.01. The maximum Gasteiger partial charge on any atom is 0.335 e. The van der Waals surface area contributed by atoms with Crippen molar-refractivity contribution in [3.63, 3.8) is 0 Å². The Bertz CT molecular complexity index is 574. The van der Waals surface area contributed by atoms with Crippen LogP contribution in [0.2, 0.25) is 0 Å². The Morgan fingerprint density at radius 2 is 2.22 bits per heavy atom. The summed E-state index contributed by atoms with van der Waals surface area (Å²) < 4.78 is 10.3. The maximum absolute atomic E-state index is 12.1. The van der Waals surface area contributed by atoms with E-state index in [4.69, 9.17) is 15.2 Å². The van der Waals surface area contributed by atoms with Gasteiger partial charge in [0.2, 0.25) is 17.7 Å². The van der Waals surface area contributed by atoms with Crippen LogP contribution in [0.1, 0.15) is 25.5 Å². The number of ether oxygens (including phenoxy) is 2. The molecule has 0 aliphatic carbocycles. The Labute approximate surface area is 132 Å². The van der Waals surface area contributed by atoms with E-state index in [-0.39, 0.29) is 42.5 Å². The minimum Gasteiger partial charge on any atom is -0.492 e. The summed E-state index contributed by atoms with van der Waals surface area (Å²) in [5.41, 5.74) is 5.39. The van der Waals surface area contributed by atoms with E-state index in [1.165, 1.54) is 0 Å². The van der Waals surface area contributed by atoms with Crippen molar-refractivity contribution in [2.75, 3.05) is 18.9 Å². The number of nitrogens with two attached hydrogens (primary N) is 1. The van der Waals surface area contributed by atoms with Crippen LogP contribution in [0.3, 0.4) is 0 Å². The predicted molar refractivity (Wildman–Crippen MR) is 76.8 cm³/mol. The molecule has 10 nitrogen and oxygen atoms in total. The summed E-state index contributed by atoms with van der Waals surface area (Å²) in [6, 6.07) is 0. The van der Waals surface area contributed by atoms with Crippen LogP contribution < -0.4 is 11.1 Å². The van der Waals surface area contributed by atoms with Crippen molar-refractivity contribution >= 4 is 17.8 Å². The van der Waals surface area contributed by atoms with Crippen molar-refractivity contribution in [3.8, 4) is 5.88 Å². The summed E-state index contributed by atoms with van der Waals surface area (Å²) in [6.07, 6.45) is 0.313. The van der Waals surface area contributed by atoms with E-state index in [0.717, 1.165) is 0 Å². The minimum absolute atomic E-state index is 0.0250. The molecule has 0 saturated carbocycles. The highest BCUT2D eigenvalue weighted by Gasteiger charge is 2.31. The number of rotatable bonds is 5. The SMILES string of the molecule is CCOC(=O)C1CCC(C(=O)NCc2nnc(N)nc2O)CO1. The number of aromatic nitrogens is 3. The Morgan fingerprint density at radius 3 is 2.83 bits per heavy atom. The van der Waals surface area contributed by atoms with E-state index in [9.17, 15) is 14.7 Å². The lowest BCUT2D eigenvalue weighted by atomic mass is 9.97. The smallest absolute Gasteiger partial charge is 0.335 e. The molecule has 1 aliphatic rings. The van der Waals surface area contributed by atoms with Crippen molar-refractivity contribution < 1.29 is 24.2 Å². The maximum atomic E-state index is 12.1. The summed E-state index contributed by atoms with van der Waals surface area (Å²) in [7, 11) is 0. The van der Waals surface area contributed by atoms with E-state index in [1.54, 1.807) is 6.92 Å². The summed E-state index contributed by atoms with van der Waals surface area (Å²) in [4.78, 5) is 27.2. The summed E-state index contributed by atoms with van der Waals surface area (Å²) in [6.45, 7) is 2.12. The Balaban J connectivity index is 1.80. The van der Waals surface area contributed by atoms with Crippen LogP contribution in [0, 0.1) is 5.92 Å². The van der Waals surface area contributed by atoms with Gasteiger partial charge in [-0.1, -0.05) is 0 Å². The van der Waals surface area contributed by atoms with Gasteiger partial charge in [-0.3, -0.25) is 4.79 Å². The second-order valence-corrected chi connectivity index (χ2v) is 5.01. The number of nitrogen functional groups attached to an aromatic ring is 1. The Morgan fingerprint density at radius 1 is 1.43 bits per heavy atom. The fourth-order valence-corrected chi connectivity index (χ4v) is 2.16. The molecule has 2 atom stereocenters. The number of carbonyl (C=O) groups excluding carboxylic acids is 2. The zero-order valence-corrected chi connectivity index (χ0v) is 12.7. The molecular weight excluding hydrogens is 306 g/mol. The van der Waals surface area contributed by atoms with Gasteiger partial charge >= 0.3 is 5.97 Å². The first kappa shape index (κ1) is 16.9. The molecule has 23 heavy (non-hydrogen) atoms. The lowest BCUT2D eigenvalue weighted by Crippen LogP contribution is -2.40. The molecule has 0 spiro atoms. The standard InChI is InChI=1S/C13H19N5O5/c1-2-22-12(21)9-4-3-7(6-23-9)10(19)15-5-8-11(20)16-13(14)18-17-8/h7,9H,2-6H2,1H3,(H,15,19)(H3,14,16,18,20). The highest BCUT2D eigenvalue weighted by Crippen LogP contribution is 2.20. The Kier molecular flexibility index (Phi) is 5.63. The fraction of sp³-hybridized carbons (Fsp3) is 0.615. The van der Waals surface area contributed by atoms with Gasteiger partial charge in [-0.25, -0.2) is 4.79 Å². The molecular formula is C13H19N5O5. The highest BCUT2D eigenvalue weighted by molar-refractivity contribution is 5.79. The molecule has 126 valence electrons. The van der Waals surface area contributed by atoms with Gasteiger partial charge in [0.1, 0.15) is 5.69 Å². The van der Waals surface area contributed by atoms with Gasteiger partial charge in [0.05, 0.1) is 25.7 Å². The molecule has 1 fully saturated rings. The monoisotopic (exact) mass is 325 g/mol. The lowest BCUT2D eigenvalue weighted by Gasteiger charge is -2.26. The molecule has 4 N–H and O–H groups in total. The number of nitrogens with zero attached hydrogens (tertiary/aromatic N) is 3. The van der Waals surface area contributed by atoms with E-state index >= 15 is 0 Å². The zero-order valence-electron chi connectivity index (χ0n) is 12.7. The topological polar surface area (TPSA) is 150 Å². The average Bonchev–Trinajstić information content (AvgIpc) is 2.54. The van der Waals surface area contributed by atoms with Crippen LogP contribution in [-0.4, -0.2) is 51.5 Å². The van der Waals surface area contributed by atoms with E-state index in [2.05, 4.69) is 20.5 Å². The molecule has 0 radical (unpaired) electrons. The van der Waals surface area contributed by atoms with E-state index in [0.29, 0.717) is 19.4 Å². The third-order valence-electron chi connectivity index (χ3n) is 3.38. The predicted octanol–water partition coefficient (Wildman–Crippen LogP) is -0.866. The molecule has 1 amide bonds. The van der Waals surface area contributed by atoms with Gasteiger partial charge in [0, 0.05) is 0 Å². The van der Waals surface area contributed by atoms with Gasteiger partial charge in [-0.05, 0) is 19.8 Å². The number of aromatic hydroxyl groups is 1. The molecule has 10 heteroatoms. The van der Waals surface area contributed by atoms with Crippen molar-refractivity contribution in [1.82, 2.24) is 20.5 Å². The fourth-order valence-electron chi connectivity index (χ4n) is 2.16. The van der Waals surface area contributed by atoms with E-state index < -0.39 is 12.1 Å². The lowest BCUT2D eigenvalue weighted by molar-refractivity contribution is -0.163. The molecule has 1 aromatic heterocycles. The molecule has 2 unspecified atom stereocenters. The van der Waals surface area contributed by atoms with Crippen LogP contribution in [-0.2, 0) is 25.6 Å². The minimum atomic E-state index is -0.616. The number of hydrogen-bond acceptors (Lipinski definition) is 9. The van der Waals surface area contributed by atoms with E-state index in [1.807, 2.05) is 0 Å². The summed E-state index contributed by atoms with van der Waals surface area (Å²) in [5.74, 6) is -1.56. The first-order valence-electron chi connectivity index (χ1n) is 7.25. The quantitative estimate of drug-likeness (QED) is 0.587. The van der Waals surface area contributed by atoms with Crippen LogP contribution in [0.15, 0.2) is 0 Å². The Hall–Kier alpha value is -2.49. The first-order valence-corrected chi connectivity index (χ1v) is 7.25. The van der Waals surface area contributed by atoms with Gasteiger partial charge in [-0.15, -0.1) is 10.2 Å². The number of carbonyl (C=O) groups is 2. The summed E-state index contributed by atoms with van der Waals surface area (Å²) in [5, 5.41) is 19.3. The van der Waals surface area contributed by atoms with Crippen LogP contribution in [0.25, 0.3) is 0 Å². The van der Waals surface area contributed by atoms with Gasteiger partial charge in [0.25, 0.3) is 0 Å². The normalized spacial score (nSPS) is 20.7. The molecule has 1 saturated heterocycles. The van der Waals surface area contributed by atoms with Crippen LogP contribution in [0.4, 0.5) is 5.95 Å². The molecule has 2 heterocycles. The third-order valence-corrected chi connectivity index (χ3v) is 3.38. The largest absolute Gasteiger partial charge is 0.492 e. The van der Waals surface area contributed by atoms with Gasteiger partial charge < -0.3 is 25.6 Å². The number of hydrogen-bond donors (Lipinski definition) is 3. The number of anilines is 1. The molecule has 2 rings (SSSR count). The number of nitrogens with one attached hydrogen (secondary N) is 1. The van der Waals surface area contributed by atoms with Crippen LogP contribution >= 0.6 is 0 Å². The van der Waals surface area contributed by atoms with Crippen molar-refractivity contribution in [1.29, 1.82) is 0 Å². The highest BCUT2D eigenvalue weighted by atomic mass is 16.6. The first-order chi connectivity index (χ1) is 11.0. The molecule has 0 bridgehead atoms. The van der Waals surface area contributed by atoms with Crippen molar-refractivity contribution in [2.45, 2.75) is 32.4 Å². The number of amides is 1. The number of esters is 1. The zero-order chi connectivity index (χ0) is 16.8. The third kappa shape index (κ3) is 4.49. The van der Waals surface area contributed by atoms with Crippen LogP contribution in [0.5, 0.6) is 5.88 Å².